The summed E-state index contributed by atoms with van der Waals surface area (Å²) >= 11 is 0. The third kappa shape index (κ3) is 4.80. The molecule has 2 atom stereocenters. The van der Waals surface area contributed by atoms with Crippen molar-refractivity contribution >= 4 is 5.82 Å². The van der Waals surface area contributed by atoms with E-state index in [0.29, 0.717) is 12.5 Å². The van der Waals surface area contributed by atoms with Crippen molar-refractivity contribution in [2.75, 3.05) is 44.8 Å². The first-order chi connectivity index (χ1) is 13.2. The van der Waals surface area contributed by atoms with E-state index in [4.69, 9.17) is 9.47 Å². The maximum atomic E-state index is 6.29. The zero-order chi connectivity index (χ0) is 18.5. The lowest BCUT2D eigenvalue weighted by Gasteiger charge is -2.31. The number of rotatable bonds is 5. The van der Waals surface area contributed by atoms with Gasteiger partial charge >= 0.3 is 0 Å². The molecule has 2 saturated heterocycles. The van der Waals surface area contributed by atoms with Gasteiger partial charge in [-0.05, 0) is 37.1 Å². The summed E-state index contributed by atoms with van der Waals surface area (Å²) in [6.07, 6.45) is 4.73. The number of pyridine rings is 1. The molecule has 144 valence electrons. The fourth-order valence-electron chi connectivity index (χ4n) is 3.89. The zero-order valence-electron chi connectivity index (χ0n) is 15.8. The molecule has 0 aliphatic carbocycles. The second-order valence-corrected chi connectivity index (χ2v) is 7.63. The summed E-state index contributed by atoms with van der Waals surface area (Å²) in [5.41, 5.74) is 1.93. The highest BCUT2D eigenvalue weighted by atomic mass is 16.5. The van der Waals surface area contributed by atoms with Crippen molar-refractivity contribution in [2.24, 2.45) is 5.92 Å². The molecule has 27 heavy (non-hydrogen) atoms. The normalized spacial score (nSPS) is 26.2. The van der Waals surface area contributed by atoms with Crippen molar-refractivity contribution in [2.45, 2.75) is 25.5 Å². The van der Waals surface area contributed by atoms with Gasteiger partial charge in [0.2, 0.25) is 0 Å². The number of nitrogens with zero attached hydrogens (tertiary/aromatic N) is 4. The molecule has 7 nitrogen and oxygen atoms in total. The van der Waals surface area contributed by atoms with Gasteiger partial charge in [0, 0.05) is 44.5 Å². The maximum absolute atomic E-state index is 6.29. The number of hydrogen-bond donors (Lipinski definition) is 1. The van der Waals surface area contributed by atoms with Gasteiger partial charge in [0.05, 0.1) is 25.5 Å². The van der Waals surface area contributed by atoms with E-state index >= 15 is 0 Å². The Morgan fingerprint density at radius 1 is 1.30 bits per heavy atom. The Labute approximate surface area is 160 Å². The third-order valence-corrected chi connectivity index (χ3v) is 5.21. The molecule has 0 amide bonds. The predicted molar refractivity (Wildman–Crippen MR) is 102 cm³/mol. The van der Waals surface area contributed by atoms with Crippen LogP contribution in [0.2, 0.25) is 0 Å². The Morgan fingerprint density at radius 3 is 3.07 bits per heavy atom. The molecule has 4 heterocycles. The summed E-state index contributed by atoms with van der Waals surface area (Å²) < 4.78 is 12.2. The second-order valence-electron chi connectivity index (χ2n) is 7.63. The third-order valence-electron chi connectivity index (χ3n) is 5.21. The number of aryl methyl sites for hydroxylation is 1. The Kier molecular flexibility index (Phi) is 5.61. The summed E-state index contributed by atoms with van der Waals surface area (Å²) in [7, 11) is 0. The molecule has 2 fully saturated rings. The molecular formula is C20H27N5O2. The Bertz CT molecular complexity index is 727. The van der Waals surface area contributed by atoms with Crippen LogP contribution in [-0.4, -0.2) is 65.1 Å². The number of ether oxygens (including phenoxy) is 2. The minimum absolute atomic E-state index is 0.218. The topological polar surface area (TPSA) is 72.4 Å². The van der Waals surface area contributed by atoms with Crippen molar-refractivity contribution in [3.8, 4) is 0 Å². The van der Waals surface area contributed by atoms with Gasteiger partial charge in [-0.2, -0.15) is 5.10 Å². The molecule has 2 aliphatic heterocycles. The summed E-state index contributed by atoms with van der Waals surface area (Å²) in [6, 6.07) is 8.05. The van der Waals surface area contributed by atoms with Crippen LogP contribution < -0.4 is 5.32 Å². The first-order valence-corrected chi connectivity index (χ1v) is 9.58. The molecule has 2 aliphatic rings. The fraction of sp³-hybridized carbons (Fsp3) is 0.550. The van der Waals surface area contributed by atoms with E-state index in [0.717, 1.165) is 57.3 Å². The van der Waals surface area contributed by atoms with Crippen LogP contribution in [-0.2, 0) is 16.0 Å². The van der Waals surface area contributed by atoms with E-state index in [1.807, 2.05) is 37.5 Å². The van der Waals surface area contributed by atoms with Gasteiger partial charge in [-0.15, -0.1) is 5.10 Å². The first kappa shape index (κ1) is 18.3. The lowest BCUT2D eigenvalue weighted by molar-refractivity contribution is -0.0562. The Morgan fingerprint density at radius 2 is 2.26 bits per heavy atom. The van der Waals surface area contributed by atoms with Crippen molar-refractivity contribution < 1.29 is 9.47 Å². The molecular weight excluding hydrogens is 342 g/mol. The summed E-state index contributed by atoms with van der Waals surface area (Å²) in [6.45, 7) is 7.62. The lowest BCUT2D eigenvalue weighted by Crippen LogP contribution is -2.43. The number of aromatic nitrogens is 3. The van der Waals surface area contributed by atoms with Crippen LogP contribution in [0.15, 0.2) is 36.7 Å². The van der Waals surface area contributed by atoms with Crippen LogP contribution in [0.3, 0.4) is 0 Å². The van der Waals surface area contributed by atoms with Gasteiger partial charge in [-0.3, -0.25) is 9.88 Å². The first-order valence-electron chi connectivity index (χ1n) is 9.58. The summed E-state index contributed by atoms with van der Waals surface area (Å²) in [5, 5.41) is 11.7. The van der Waals surface area contributed by atoms with Crippen molar-refractivity contribution in [3.05, 3.63) is 47.9 Å². The molecule has 2 aromatic heterocycles. The molecule has 2 unspecified atom stereocenters. The van der Waals surface area contributed by atoms with E-state index in [-0.39, 0.29) is 5.60 Å². The van der Waals surface area contributed by atoms with Crippen molar-refractivity contribution in [3.63, 3.8) is 0 Å². The highest BCUT2D eigenvalue weighted by Gasteiger charge is 2.43. The molecule has 7 heteroatoms. The smallest absolute Gasteiger partial charge is 0.148 e. The van der Waals surface area contributed by atoms with Gasteiger partial charge in [-0.25, -0.2) is 0 Å². The van der Waals surface area contributed by atoms with E-state index in [9.17, 15) is 0 Å². The molecule has 2 aromatic rings. The highest BCUT2D eigenvalue weighted by Crippen LogP contribution is 2.33. The van der Waals surface area contributed by atoms with Crippen LogP contribution in [0.25, 0.3) is 0 Å². The average Bonchev–Trinajstić information content (AvgIpc) is 2.97. The van der Waals surface area contributed by atoms with Crippen molar-refractivity contribution in [1.82, 2.24) is 20.1 Å². The van der Waals surface area contributed by atoms with E-state index in [1.165, 1.54) is 5.56 Å². The predicted octanol–water partition coefficient (Wildman–Crippen LogP) is 1.90. The largest absolute Gasteiger partial charge is 0.377 e. The number of hydrogen-bond acceptors (Lipinski definition) is 7. The number of nitrogens with one attached hydrogen (secondary N) is 1. The van der Waals surface area contributed by atoms with Gasteiger partial charge in [-0.1, -0.05) is 6.07 Å². The average molecular weight is 369 g/mol. The summed E-state index contributed by atoms with van der Waals surface area (Å²) in [5.74, 6) is 1.26. The van der Waals surface area contributed by atoms with Crippen LogP contribution in [0.1, 0.15) is 17.7 Å². The SMILES string of the molecule is Cc1ccc(NCC2COC3(COCCN(Cc4cccnc4)C3)C2)nn1. The second kappa shape index (κ2) is 8.29. The van der Waals surface area contributed by atoms with Crippen LogP contribution >= 0.6 is 0 Å². The van der Waals surface area contributed by atoms with E-state index in [2.05, 4.69) is 31.5 Å². The molecule has 4 rings (SSSR count). The highest BCUT2D eigenvalue weighted by molar-refractivity contribution is 5.32. The number of anilines is 1. The molecule has 0 bridgehead atoms. The van der Waals surface area contributed by atoms with Gasteiger partial charge < -0.3 is 14.8 Å². The zero-order valence-corrected chi connectivity index (χ0v) is 15.8. The molecule has 0 saturated carbocycles. The molecule has 0 radical (unpaired) electrons. The van der Waals surface area contributed by atoms with Gasteiger partial charge in [0.15, 0.2) is 0 Å². The van der Waals surface area contributed by atoms with E-state index < -0.39 is 0 Å². The molecule has 1 N–H and O–H groups in total. The van der Waals surface area contributed by atoms with Crippen LogP contribution in [0.5, 0.6) is 0 Å². The quantitative estimate of drug-likeness (QED) is 0.863. The maximum Gasteiger partial charge on any atom is 0.148 e. The Hall–Kier alpha value is -2.09. The van der Waals surface area contributed by atoms with Crippen molar-refractivity contribution in [1.29, 1.82) is 0 Å². The minimum Gasteiger partial charge on any atom is -0.377 e. The monoisotopic (exact) mass is 369 g/mol. The van der Waals surface area contributed by atoms with Crippen LogP contribution in [0.4, 0.5) is 5.82 Å². The van der Waals surface area contributed by atoms with Gasteiger partial charge in [0.1, 0.15) is 11.4 Å². The van der Waals surface area contributed by atoms with Gasteiger partial charge in [0.25, 0.3) is 0 Å². The lowest BCUT2D eigenvalue weighted by atomic mass is 9.94. The van der Waals surface area contributed by atoms with E-state index in [1.54, 1.807) is 0 Å². The molecule has 1 spiro atoms. The standard InChI is InChI=1S/C20H27N5O2/c1-16-4-5-19(24-23-16)22-11-18-9-20(27-13-18)14-25(7-8-26-15-20)12-17-3-2-6-21-10-17/h2-6,10,18H,7-9,11-15H2,1H3,(H,22,24). The minimum atomic E-state index is -0.218. The Balaban J connectivity index is 1.34. The van der Waals surface area contributed by atoms with Crippen LogP contribution in [0, 0.1) is 12.8 Å². The summed E-state index contributed by atoms with van der Waals surface area (Å²) in [4.78, 5) is 6.65. The molecule has 0 aromatic carbocycles. The fourth-order valence-corrected chi connectivity index (χ4v) is 3.89.